The lowest BCUT2D eigenvalue weighted by Gasteiger charge is -2.09. The fourth-order valence-electron chi connectivity index (χ4n) is 4.45. The van der Waals surface area contributed by atoms with Gasteiger partial charge in [0, 0.05) is 10.8 Å². The van der Waals surface area contributed by atoms with Gasteiger partial charge in [0.15, 0.2) is 0 Å². The van der Waals surface area contributed by atoms with Gasteiger partial charge in [-0.3, -0.25) is 0 Å². The molecule has 0 heterocycles. The fraction of sp³-hybridized carbons (Fsp3) is 0.355. The van der Waals surface area contributed by atoms with E-state index in [1.54, 1.807) is 0 Å². The molecule has 0 aliphatic heterocycles. The maximum Gasteiger partial charge on any atom is 0.127 e. The number of rotatable bonds is 14. The van der Waals surface area contributed by atoms with Crippen LogP contribution >= 0.6 is 0 Å². The van der Waals surface area contributed by atoms with Crippen molar-refractivity contribution >= 4 is 21.5 Å². The van der Waals surface area contributed by atoms with Crippen molar-refractivity contribution in [1.29, 1.82) is 0 Å². The van der Waals surface area contributed by atoms with Gasteiger partial charge in [0.2, 0.25) is 0 Å². The summed E-state index contributed by atoms with van der Waals surface area (Å²) in [6.07, 6.45) is 11.4. The van der Waals surface area contributed by atoms with Crippen molar-refractivity contribution in [2.45, 2.75) is 57.8 Å². The molecule has 0 saturated heterocycles. The first kappa shape index (κ1) is 23.2. The highest BCUT2D eigenvalue weighted by atomic mass is 16.5. The average molecular weight is 441 g/mol. The van der Waals surface area contributed by atoms with Crippen molar-refractivity contribution in [2.24, 2.45) is 0 Å². The molecular weight excluding hydrogens is 404 g/mol. The Bertz CT molecular complexity index is 1020. The highest BCUT2D eigenvalue weighted by Crippen LogP contribution is 2.26. The molecule has 0 aromatic heterocycles. The zero-order valence-corrected chi connectivity index (χ0v) is 19.7. The second kappa shape index (κ2) is 12.9. The zero-order chi connectivity index (χ0) is 22.6. The van der Waals surface area contributed by atoms with Crippen LogP contribution in [0.25, 0.3) is 21.5 Å². The molecule has 33 heavy (non-hydrogen) atoms. The largest absolute Gasteiger partial charge is 0.493 e. The Morgan fingerprint density at radius 1 is 0.364 bits per heavy atom. The third kappa shape index (κ3) is 6.99. The molecule has 4 aromatic rings. The topological polar surface area (TPSA) is 18.5 Å². The van der Waals surface area contributed by atoms with E-state index >= 15 is 0 Å². The molecule has 172 valence electrons. The summed E-state index contributed by atoms with van der Waals surface area (Å²) in [6, 6.07) is 29.5. The lowest BCUT2D eigenvalue weighted by Crippen LogP contribution is -1.98. The Labute approximate surface area is 198 Å². The molecule has 0 radical (unpaired) electrons. The quantitative estimate of drug-likeness (QED) is 0.182. The summed E-state index contributed by atoms with van der Waals surface area (Å²) in [5, 5.41) is 4.91. The van der Waals surface area contributed by atoms with Crippen LogP contribution in [-0.4, -0.2) is 13.2 Å². The predicted molar refractivity (Wildman–Crippen MR) is 140 cm³/mol. The Morgan fingerprint density at radius 2 is 0.727 bits per heavy atom. The van der Waals surface area contributed by atoms with Crippen LogP contribution in [0.1, 0.15) is 57.8 Å². The Balaban J connectivity index is 0.994. The van der Waals surface area contributed by atoms with E-state index in [-0.39, 0.29) is 0 Å². The molecule has 0 spiro atoms. The summed E-state index contributed by atoms with van der Waals surface area (Å²) in [5.41, 5.74) is 0. The Hall–Kier alpha value is -3.00. The number of benzene rings is 4. The van der Waals surface area contributed by atoms with Gasteiger partial charge in [-0.1, -0.05) is 118 Å². The van der Waals surface area contributed by atoms with E-state index in [1.807, 2.05) is 0 Å². The Morgan fingerprint density at radius 3 is 1.18 bits per heavy atom. The Kier molecular flexibility index (Phi) is 9.05. The first-order valence-corrected chi connectivity index (χ1v) is 12.6. The molecule has 0 amide bonds. The van der Waals surface area contributed by atoms with E-state index in [4.69, 9.17) is 9.47 Å². The third-order valence-electron chi connectivity index (χ3n) is 6.30. The smallest absolute Gasteiger partial charge is 0.127 e. The van der Waals surface area contributed by atoms with Crippen LogP contribution in [0.3, 0.4) is 0 Å². The molecule has 2 heteroatoms. The summed E-state index contributed by atoms with van der Waals surface area (Å²) in [6.45, 7) is 1.62. The van der Waals surface area contributed by atoms with E-state index < -0.39 is 0 Å². The molecule has 0 unspecified atom stereocenters. The number of ether oxygens (including phenoxy) is 2. The van der Waals surface area contributed by atoms with E-state index in [0.717, 1.165) is 37.6 Å². The second-order valence-corrected chi connectivity index (χ2v) is 8.83. The van der Waals surface area contributed by atoms with Crippen molar-refractivity contribution < 1.29 is 9.47 Å². The van der Waals surface area contributed by atoms with Crippen molar-refractivity contribution in [2.75, 3.05) is 13.2 Å². The molecule has 0 aliphatic rings. The number of hydrogen-bond acceptors (Lipinski definition) is 2. The minimum atomic E-state index is 0.810. The molecule has 0 N–H and O–H groups in total. The van der Waals surface area contributed by atoms with Crippen molar-refractivity contribution in [1.82, 2.24) is 0 Å². The van der Waals surface area contributed by atoms with Crippen LogP contribution in [0.2, 0.25) is 0 Å². The molecule has 4 rings (SSSR count). The number of unbranched alkanes of at least 4 members (excludes halogenated alkanes) is 8. The summed E-state index contributed by atoms with van der Waals surface area (Å²) >= 11 is 0. The van der Waals surface area contributed by atoms with Crippen molar-refractivity contribution in [3.05, 3.63) is 84.9 Å². The maximum absolute atomic E-state index is 6.05. The molecule has 2 nitrogen and oxygen atoms in total. The van der Waals surface area contributed by atoms with Gasteiger partial charge < -0.3 is 9.47 Å². The maximum atomic E-state index is 6.05. The standard InChI is InChI=1S/C31H36O2/c1(2-4-6-12-24-32-30-22-14-18-26-16-8-10-20-28(26)30)3-5-7-13-25-33-31-23-15-19-27-17-9-11-21-29(27)31/h8-11,14-23H,1-7,12-13,24-25H2. The molecule has 0 atom stereocenters. The van der Waals surface area contributed by atoms with Crippen molar-refractivity contribution in [3.8, 4) is 11.5 Å². The second-order valence-electron chi connectivity index (χ2n) is 8.83. The molecule has 4 aromatic carbocycles. The van der Waals surface area contributed by atoms with Crippen LogP contribution in [0.5, 0.6) is 11.5 Å². The lowest BCUT2D eigenvalue weighted by atomic mass is 10.1. The van der Waals surface area contributed by atoms with Crippen LogP contribution in [0.15, 0.2) is 84.9 Å². The van der Waals surface area contributed by atoms with Crippen LogP contribution in [-0.2, 0) is 0 Å². The summed E-state index contributed by atoms with van der Waals surface area (Å²) < 4.78 is 12.1. The van der Waals surface area contributed by atoms with E-state index in [2.05, 4.69) is 84.9 Å². The predicted octanol–water partition coefficient (Wildman–Crippen LogP) is 8.96. The monoisotopic (exact) mass is 440 g/mol. The minimum absolute atomic E-state index is 0.810. The van der Waals surface area contributed by atoms with Crippen LogP contribution in [0, 0.1) is 0 Å². The van der Waals surface area contributed by atoms with Gasteiger partial charge >= 0.3 is 0 Å². The molecule has 0 fully saturated rings. The molecule has 0 aliphatic carbocycles. The summed E-state index contributed by atoms with van der Waals surface area (Å²) in [4.78, 5) is 0. The SMILES string of the molecule is c1ccc2c(OCCCCCCCCCCCOc3cccc4ccccc34)cccc2c1. The molecule has 0 saturated carbocycles. The lowest BCUT2D eigenvalue weighted by molar-refractivity contribution is 0.306. The van der Waals surface area contributed by atoms with Gasteiger partial charge in [-0.25, -0.2) is 0 Å². The van der Waals surface area contributed by atoms with Crippen molar-refractivity contribution in [3.63, 3.8) is 0 Å². The third-order valence-corrected chi connectivity index (χ3v) is 6.30. The van der Waals surface area contributed by atoms with Gasteiger partial charge in [-0.15, -0.1) is 0 Å². The molecule has 0 bridgehead atoms. The normalized spacial score (nSPS) is 11.2. The summed E-state index contributed by atoms with van der Waals surface area (Å²) in [5.74, 6) is 2.02. The van der Waals surface area contributed by atoms with Gasteiger partial charge in [0.25, 0.3) is 0 Å². The van der Waals surface area contributed by atoms with Gasteiger partial charge in [-0.2, -0.15) is 0 Å². The minimum Gasteiger partial charge on any atom is -0.493 e. The number of fused-ring (bicyclic) bond motifs is 2. The molecular formula is C31H36O2. The number of hydrogen-bond donors (Lipinski definition) is 0. The van der Waals surface area contributed by atoms with Gasteiger partial charge in [-0.05, 0) is 35.7 Å². The highest BCUT2D eigenvalue weighted by Gasteiger charge is 2.02. The van der Waals surface area contributed by atoms with Gasteiger partial charge in [0.1, 0.15) is 11.5 Å². The summed E-state index contributed by atoms with van der Waals surface area (Å²) in [7, 11) is 0. The first-order chi connectivity index (χ1) is 16.4. The zero-order valence-electron chi connectivity index (χ0n) is 19.7. The fourth-order valence-corrected chi connectivity index (χ4v) is 4.45. The van der Waals surface area contributed by atoms with E-state index in [0.29, 0.717) is 0 Å². The van der Waals surface area contributed by atoms with Crippen LogP contribution in [0.4, 0.5) is 0 Å². The van der Waals surface area contributed by atoms with E-state index in [9.17, 15) is 0 Å². The van der Waals surface area contributed by atoms with Crippen LogP contribution < -0.4 is 9.47 Å². The highest BCUT2D eigenvalue weighted by molar-refractivity contribution is 5.88. The average Bonchev–Trinajstić information content (AvgIpc) is 2.87. The van der Waals surface area contributed by atoms with Gasteiger partial charge in [0.05, 0.1) is 13.2 Å². The first-order valence-electron chi connectivity index (χ1n) is 12.6. The van der Waals surface area contributed by atoms with E-state index in [1.165, 1.54) is 66.5 Å².